The fraction of sp³-hybridized carbons (Fsp3) is 0.286. The summed E-state index contributed by atoms with van der Waals surface area (Å²) in [6, 6.07) is 16.9. The van der Waals surface area contributed by atoms with Gasteiger partial charge in [-0.05, 0) is 48.4 Å². The van der Waals surface area contributed by atoms with E-state index in [1.165, 1.54) is 68.6 Å². The Morgan fingerprint density at radius 1 is 0.974 bits per heavy atom. The van der Waals surface area contributed by atoms with Crippen molar-refractivity contribution in [1.82, 2.24) is 10.2 Å². The van der Waals surface area contributed by atoms with Gasteiger partial charge in [-0.25, -0.2) is 12.8 Å². The first-order chi connectivity index (χ1) is 18.7. The molecule has 208 valence electrons. The highest BCUT2D eigenvalue weighted by atomic mass is 32.2. The van der Waals surface area contributed by atoms with Gasteiger partial charge in [-0.3, -0.25) is 13.9 Å². The molecule has 0 saturated heterocycles. The van der Waals surface area contributed by atoms with E-state index in [4.69, 9.17) is 9.47 Å². The summed E-state index contributed by atoms with van der Waals surface area (Å²) in [7, 11) is 0.00610. The molecule has 0 bridgehead atoms. The van der Waals surface area contributed by atoms with E-state index in [0.29, 0.717) is 11.3 Å². The maximum atomic E-state index is 13.9. The molecule has 0 heterocycles. The van der Waals surface area contributed by atoms with E-state index in [2.05, 4.69) is 5.32 Å². The molecule has 1 N–H and O–H groups in total. The number of hydrogen-bond acceptors (Lipinski definition) is 6. The van der Waals surface area contributed by atoms with E-state index < -0.39 is 40.2 Å². The highest BCUT2D eigenvalue weighted by Crippen LogP contribution is 2.36. The molecule has 0 radical (unpaired) electrons. The topological polar surface area (TPSA) is 105 Å². The Morgan fingerprint density at radius 3 is 2.21 bits per heavy atom. The van der Waals surface area contributed by atoms with Gasteiger partial charge in [0.1, 0.15) is 29.9 Å². The second-order valence-corrected chi connectivity index (χ2v) is 10.4. The minimum absolute atomic E-state index is 0.0360. The number of benzene rings is 3. The Bertz CT molecular complexity index is 1380. The van der Waals surface area contributed by atoms with Crippen LogP contribution in [0.5, 0.6) is 11.5 Å². The Morgan fingerprint density at radius 2 is 1.64 bits per heavy atom. The quantitative estimate of drug-likeness (QED) is 0.365. The smallest absolute Gasteiger partial charge is 0.264 e. The van der Waals surface area contributed by atoms with Crippen molar-refractivity contribution in [2.45, 2.75) is 30.8 Å². The van der Waals surface area contributed by atoms with Gasteiger partial charge in [0, 0.05) is 19.7 Å². The molecule has 1 atom stereocenters. The molecule has 2 amide bonds. The third kappa shape index (κ3) is 6.85. The van der Waals surface area contributed by atoms with E-state index in [1.807, 2.05) is 0 Å². The Labute approximate surface area is 228 Å². The summed E-state index contributed by atoms with van der Waals surface area (Å²) in [5.41, 5.74) is 0.660. The van der Waals surface area contributed by atoms with Gasteiger partial charge in [0.2, 0.25) is 11.8 Å². The number of rotatable bonds is 12. The van der Waals surface area contributed by atoms with Crippen LogP contribution >= 0.6 is 0 Å². The Balaban J connectivity index is 2.13. The Kier molecular flexibility index (Phi) is 9.89. The first kappa shape index (κ1) is 29.4. The van der Waals surface area contributed by atoms with Crippen LogP contribution in [0.3, 0.4) is 0 Å². The normalized spacial score (nSPS) is 11.8. The van der Waals surface area contributed by atoms with Crippen molar-refractivity contribution in [2.75, 3.05) is 32.1 Å². The molecule has 0 aromatic heterocycles. The third-order valence-corrected chi connectivity index (χ3v) is 7.94. The lowest BCUT2D eigenvalue weighted by atomic mass is 10.1. The van der Waals surface area contributed by atoms with Crippen LogP contribution in [0, 0.1) is 5.82 Å². The highest BCUT2D eigenvalue weighted by molar-refractivity contribution is 7.92. The summed E-state index contributed by atoms with van der Waals surface area (Å²) in [6.07, 6.45) is 0.264. The summed E-state index contributed by atoms with van der Waals surface area (Å²) in [5, 5.41) is 2.56. The number of hydrogen-bond donors (Lipinski definition) is 1. The molecule has 3 aromatic carbocycles. The lowest BCUT2D eigenvalue weighted by molar-refractivity contribution is -0.140. The van der Waals surface area contributed by atoms with Crippen molar-refractivity contribution in [2.24, 2.45) is 0 Å². The molecule has 0 unspecified atom stereocenters. The number of methoxy groups -OCH3 is 2. The summed E-state index contributed by atoms with van der Waals surface area (Å²) in [5.74, 6) is -0.943. The van der Waals surface area contributed by atoms with Gasteiger partial charge in [-0.15, -0.1) is 0 Å². The van der Waals surface area contributed by atoms with E-state index in [9.17, 15) is 22.4 Å². The average molecular weight is 558 g/mol. The monoisotopic (exact) mass is 557 g/mol. The molecule has 0 aliphatic heterocycles. The number of anilines is 1. The number of ether oxygens (including phenoxy) is 2. The van der Waals surface area contributed by atoms with Crippen molar-refractivity contribution in [3.63, 3.8) is 0 Å². The van der Waals surface area contributed by atoms with Crippen molar-refractivity contribution in [3.8, 4) is 11.5 Å². The lowest BCUT2D eigenvalue weighted by Gasteiger charge is -2.33. The zero-order valence-corrected chi connectivity index (χ0v) is 23.1. The van der Waals surface area contributed by atoms with Gasteiger partial charge < -0.3 is 19.7 Å². The summed E-state index contributed by atoms with van der Waals surface area (Å²) >= 11 is 0. The van der Waals surface area contributed by atoms with Crippen LogP contribution < -0.4 is 19.1 Å². The molecule has 0 aliphatic rings. The summed E-state index contributed by atoms with van der Waals surface area (Å²) in [6.45, 7) is 1.06. The van der Waals surface area contributed by atoms with Gasteiger partial charge in [0.15, 0.2) is 0 Å². The number of amides is 2. The fourth-order valence-corrected chi connectivity index (χ4v) is 5.53. The third-order valence-electron chi connectivity index (χ3n) is 6.16. The second-order valence-electron chi connectivity index (χ2n) is 8.55. The van der Waals surface area contributed by atoms with Gasteiger partial charge in [0.05, 0.1) is 24.8 Å². The minimum atomic E-state index is -4.28. The summed E-state index contributed by atoms with van der Waals surface area (Å²) < 4.78 is 53.1. The van der Waals surface area contributed by atoms with E-state index in [-0.39, 0.29) is 29.3 Å². The molecule has 3 rings (SSSR count). The number of halogens is 1. The number of nitrogens with one attached hydrogen (secondary N) is 1. The largest absolute Gasteiger partial charge is 0.497 e. The average Bonchev–Trinajstić information content (AvgIpc) is 2.96. The number of sulfonamides is 1. The van der Waals surface area contributed by atoms with Crippen LogP contribution in [0.15, 0.2) is 77.7 Å². The van der Waals surface area contributed by atoms with Crippen LogP contribution in [0.4, 0.5) is 10.1 Å². The van der Waals surface area contributed by atoms with E-state index in [0.717, 1.165) is 4.31 Å². The van der Waals surface area contributed by atoms with Gasteiger partial charge in [-0.1, -0.05) is 37.3 Å². The SMILES string of the molecule is CC[C@H](C(=O)NC)N(Cc1ccc(F)cc1)C(=O)CN(c1cc(OC)ccc1OC)S(=O)(=O)c1ccccc1. The van der Waals surface area contributed by atoms with Gasteiger partial charge in [0.25, 0.3) is 10.0 Å². The Hall–Kier alpha value is -4.12. The minimum Gasteiger partial charge on any atom is -0.497 e. The highest BCUT2D eigenvalue weighted by Gasteiger charge is 2.34. The fourth-order valence-electron chi connectivity index (χ4n) is 4.10. The number of carbonyl (C=O) groups is 2. The zero-order valence-electron chi connectivity index (χ0n) is 22.3. The van der Waals surface area contributed by atoms with E-state index >= 15 is 0 Å². The maximum Gasteiger partial charge on any atom is 0.264 e. The summed E-state index contributed by atoms with van der Waals surface area (Å²) in [4.78, 5) is 28.0. The van der Waals surface area contributed by atoms with E-state index in [1.54, 1.807) is 37.3 Å². The van der Waals surface area contributed by atoms with Gasteiger partial charge in [-0.2, -0.15) is 0 Å². The lowest BCUT2D eigenvalue weighted by Crippen LogP contribution is -2.51. The van der Waals surface area contributed by atoms with Crippen LogP contribution in [0.2, 0.25) is 0 Å². The maximum absolute atomic E-state index is 13.9. The standard InChI is InChI=1S/C28H32FN3O6S/c1-5-24(28(34)30-2)31(18-20-11-13-21(29)14-12-20)27(33)19-32(39(35,36)23-9-7-6-8-10-23)25-17-22(37-3)15-16-26(25)38-4/h6-17,24H,5,18-19H2,1-4H3,(H,30,34)/t24-/m1/s1. The van der Waals surface area contributed by atoms with Crippen molar-refractivity contribution in [1.29, 1.82) is 0 Å². The molecule has 0 fully saturated rings. The first-order valence-corrected chi connectivity index (χ1v) is 13.7. The van der Waals surface area contributed by atoms with Crippen molar-refractivity contribution in [3.05, 3.63) is 84.2 Å². The molecular weight excluding hydrogens is 525 g/mol. The van der Waals surface area contributed by atoms with Crippen molar-refractivity contribution < 1.29 is 31.9 Å². The molecule has 0 saturated carbocycles. The molecule has 39 heavy (non-hydrogen) atoms. The number of nitrogens with zero attached hydrogens (tertiary/aromatic N) is 2. The molecule has 9 nitrogen and oxygen atoms in total. The zero-order chi connectivity index (χ0) is 28.6. The predicted molar refractivity (Wildman–Crippen MR) is 146 cm³/mol. The molecule has 0 spiro atoms. The molecule has 11 heteroatoms. The number of likely N-dealkylation sites (N-methyl/N-ethyl adjacent to an activating group) is 1. The predicted octanol–water partition coefficient (Wildman–Crippen LogP) is 3.59. The van der Waals surface area contributed by atoms with Crippen LogP contribution in [0.25, 0.3) is 0 Å². The molecule has 3 aromatic rings. The van der Waals surface area contributed by atoms with Crippen LogP contribution in [0.1, 0.15) is 18.9 Å². The molecule has 0 aliphatic carbocycles. The molecular formula is C28H32FN3O6S. The van der Waals surface area contributed by atoms with Crippen LogP contribution in [-0.4, -0.2) is 59.0 Å². The van der Waals surface area contributed by atoms with Crippen LogP contribution in [-0.2, 0) is 26.2 Å². The van der Waals surface area contributed by atoms with Gasteiger partial charge >= 0.3 is 0 Å². The first-order valence-electron chi connectivity index (χ1n) is 12.2. The van der Waals surface area contributed by atoms with Crippen molar-refractivity contribution >= 4 is 27.5 Å². The number of carbonyl (C=O) groups excluding carboxylic acids is 2. The second kappa shape index (κ2) is 13.1.